The Labute approximate surface area is 135 Å². The Morgan fingerprint density at radius 3 is 2.17 bits per heavy atom. The molecule has 0 saturated carbocycles. The number of hydrogen-bond donors (Lipinski definition) is 0. The summed E-state index contributed by atoms with van der Waals surface area (Å²) < 4.78 is 5.28. The number of ketones is 2. The van der Waals surface area contributed by atoms with E-state index in [0.29, 0.717) is 17.5 Å². The van der Waals surface area contributed by atoms with Crippen molar-refractivity contribution in [3.63, 3.8) is 0 Å². The van der Waals surface area contributed by atoms with Crippen LogP contribution in [0.25, 0.3) is 0 Å². The highest BCUT2D eigenvalue weighted by atomic mass is 16.5. The van der Waals surface area contributed by atoms with Gasteiger partial charge in [-0.15, -0.1) is 0 Å². The van der Waals surface area contributed by atoms with E-state index < -0.39 is 17.2 Å². The SMILES string of the molecule is CCC([C]=O)(OC)c1cccc(C(=O)C(=O)c2ccccc2)c1. The molecule has 0 heterocycles. The summed E-state index contributed by atoms with van der Waals surface area (Å²) in [5.74, 6) is -1.21. The molecule has 23 heavy (non-hydrogen) atoms. The molecule has 1 unspecified atom stereocenters. The Kier molecular flexibility index (Phi) is 5.19. The lowest BCUT2D eigenvalue weighted by Crippen LogP contribution is -2.29. The maximum atomic E-state index is 12.4. The van der Waals surface area contributed by atoms with Gasteiger partial charge >= 0.3 is 0 Å². The second kappa shape index (κ2) is 7.11. The van der Waals surface area contributed by atoms with Gasteiger partial charge in [-0.05, 0) is 18.1 Å². The lowest BCUT2D eigenvalue weighted by molar-refractivity contribution is 0.0416. The number of methoxy groups -OCH3 is 1. The molecule has 0 aliphatic carbocycles. The molecule has 0 aliphatic rings. The van der Waals surface area contributed by atoms with Gasteiger partial charge in [0.05, 0.1) is 0 Å². The standard InChI is InChI=1S/C19H17O4/c1-3-19(13-20,23-2)16-11-7-10-15(12-16)18(22)17(21)14-8-5-4-6-9-14/h4-12H,3H2,1-2H3. The molecular formula is C19H17O4. The Balaban J connectivity index is 2.38. The molecule has 2 aromatic rings. The molecule has 0 N–H and O–H groups in total. The summed E-state index contributed by atoms with van der Waals surface area (Å²) in [6, 6.07) is 14.7. The van der Waals surface area contributed by atoms with Gasteiger partial charge in [0.15, 0.2) is 5.60 Å². The topological polar surface area (TPSA) is 60.4 Å². The van der Waals surface area contributed by atoms with Crippen LogP contribution in [0.3, 0.4) is 0 Å². The van der Waals surface area contributed by atoms with Crippen molar-refractivity contribution in [3.8, 4) is 0 Å². The molecule has 117 valence electrons. The highest BCUT2D eigenvalue weighted by molar-refractivity contribution is 6.49. The van der Waals surface area contributed by atoms with Gasteiger partial charge in [-0.25, -0.2) is 0 Å². The Hall–Kier alpha value is -2.59. The monoisotopic (exact) mass is 309 g/mol. The Morgan fingerprint density at radius 2 is 1.61 bits per heavy atom. The largest absolute Gasteiger partial charge is 0.365 e. The van der Waals surface area contributed by atoms with Gasteiger partial charge in [-0.3, -0.25) is 14.4 Å². The van der Waals surface area contributed by atoms with Crippen molar-refractivity contribution in [1.29, 1.82) is 0 Å². The van der Waals surface area contributed by atoms with E-state index in [9.17, 15) is 14.4 Å². The molecule has 2 aromatic carbocycles. The average molecular weight is 309 g/mol. The number of benzene rings is 2. The van der Waals surface area contributed by atoms with E-state index in [2.05, 4.69) is 0 Å². The van der Waals surface area contributed by atoms with Crippen molar-refractivity contribution in [3.05, 3.63) is 71.3 Å². The summed E-state index contributed by atoms with van der Waals surface area (Å²) in [4.78, 5) is 36.0. The summed E-state index contributed by atoms with van der Waals surface area (Å²) in [7, 11) is 1.41. The fraction of sp³-hybridized carbons (Fsp3) is 0.211. The summed E-state index contributed by atoms with van der Waals surface area (Å²) in [5.41, 5.74) is -0.171. The number of rotatable bonds is 7. The summed E-state index contributed by atoms with van der Waals surface area (Å²) >= 11 is 0. The molecule has 0 bridgehead atoms. The molecule has 0 amide bonds. The van der Waals surface area contributed by atoms with Crippen LogP contribution in [-0.2, 0) is 15.1 Å². The summed E-state index contributed by atoms with van der Waals surface area (Å²) in [6.45, 7) is 1.79. The van der Waals surface area contributed by atoms with Gasteiger partial charge in [-0.2, -0.15) is 0 Å². The number of ether oxygens (including phenoxy) is 1. The molecule has 1 atom stereocenters. The molecular weight excluding hydrogens is 292 g/mol. The maximum absolute atomic E-state index is 12.4. The minimum absolute atomic E-state index is 0.224. The van der Waals surface area contributed by atoms with E-state index in [1.165, 1.54) is 13.2 Å². The molecule has 0 saturated heterocycles. The molecule has 4 heteroatoms. The van der Waals surface area contributed by atoms with Crippen LogP contribution in [0.5, 0.6) is 0 Å². The van der Waals surface area contributed by atoms with Crippen molar-refractivity contribution in [1.82, 2.24) is 0 Å². The van der Waals surface area contributed by atoms with E-state index >= 15 is 0 Å². The molecule has 0 fully saturated rings. The van der Waals surface area contributed by atoms with Crippen molar-refractivity contribution < 1.29 is 19.1 Å². The third-order valence-corrected chi connectivity index (χ3v) is 3.84. The second-order valence-electron chi connectivity index (χ2n) is 5.09. The minimum atomic E-state index is -1.23. The van der Waals surface area contributed by atoms with E-state index in [-0.39, 0.29) is 5.56 Å². The highest BCUT2D eigenvalue weighted by Gasteiger charge is 2.32. The van der Waals surface area contributed by atoms with E-state index in [0.717, 1.165) is 0 Å². The second-order valence-corrected chi connectivity index (χ2v) is 5.09. The predicted octanol–water partition coefficient (Wildman–Crippen LogP) is 3.11. The van der Waals surface area contributed by atoms with Gasteiger partial charge in [0.25, 0.3) is 0 Å². The van der Waals surface area contributed by atoms with Crippen LogP contribution in [0.4, 0.5) is 0 Å². The molecule has 0 spiro atoms. The first-order valence-electron chi connectivity index (χ1n) is 7.27. The van der Waals surface area contributed by atoms with Gasteiger partial charge in [0.1, 0.15) is 0 Å². The quantitative estimate of drug-likeness (QED) is 0.582. The third kappa shape index (κ3) is 3.27. The zero-order valence-electron chi connectivity index (χ0n) is 13.0. The number of carbonyl (C=O) groups excluding carboxylic acids is 3. The smallest absolute Gasteiger partial charge is 0.238 e. The van der Waals surface area contributed by atoms with Crippen LogP contribution in [0.15, 0.2) is 54.6 Å². The van der Waals surface area contributed by atoms with Crippen molar-refractivity contribution >= 4 is 17.9 Å². The highest BCUT2D eigenvalue weighted by Crippen LogP contribution is 2.27. The minimum Gasteiger partial charge on any atom is -0.365 e. The lowest BCUT2D eigenvalue weighted by Gasteiger charge is -2.24. The molecule has 1 radical (unpaired) electrons. The van der Waals surface area contributed by atoms with Gasteiger partial charge in [0.2, 0.25) is 17.9 Å². The Morgan fingerprint density at radius 1 is 1.00 bits per heavy atom. The first-order chi connectivity index (χ1) is 11.1. The molecule has 0 aromatic heterocycles. The van der Waals surface area contributed by atoms with Crippen LogP contribution < -0.4 is 0 Å². The molecule has 4 nitrogen and oxygen atoms in total. The normalized spacial score (nSPS) is 13.1. The maximum Gasteiger partial charge on any atom is 0.238 e. The first-order valence-corrected chi connectivity index (χ1v) is 7.27. The lowest BCUT2D eigenvalue weighted by atomic mass is 9.89. The third-order valence-electron chi connectivity index (χ3n) is 3.84. The van der Waals surface area contributed by atoms with Crippen molar-refractivity contribution in [2.24, 2.45) is 0 Å². The van der Waals surface area contributed by atoms with Crippen molar-refractivity contribution in [2.75, 3.05) is 7.11 Å². The first kappa shape index (κ1) is 16.8. The predicted molar refractivity (Wildman–Crippen MR) is 86.2 cm³/mol. The van der Waals surface area contributed by atoms with Crippen molar-refractivity contribution in [2.45, 2.75) is 18.9 Å². The average Bonchev–Trinajstić information content (AvgIpc) is 2.63. The summed E-state index contributed by atoms with van der Waals surface area (Å²) in [6.07, 6.45) is 2.26. The fourth-order valence-corrected chi connectivity index (χ4v) is 2.40. The van der Waals surface area contributed by atoms with E-state index in [4.69, 9.17) is 4.74 Å². The Bertz CT molecular complexity index is 715. The zero-order chi connectivity index (χ0) is 16.9. The zero-order valence-corrected chi connectivity index (χ0v) is 13.0. The van der Waals surface area contributed by atoms with Gasteiger partial charge in [-0.1, -0.05) is 55.5 Å². The number of carbonyl (C=O) groups is 2. The van der Waals surface area contributed by atoms with Gasteiger partial charge < -0.3 is 4.74 Å². The number of hydrogen-bond acceptors (Lipinski definition) is 4. The fourth-order valence-electron chi connectivity index (χ4n) is 2.40. The molecule has 0 aliphatic heterocycles. The van der Waals surface area contributed by atoms with Gasteiger partial charge in [0, 0.05) is 18.2 Å². The summed E-state index contributed by atoms with van der Waals surface area (Å²) in [5, 5.41) is 0. The van der Waals surface area contributed by atoms with E-state index in [1.54, 1.807) is 55.5 Å². The van der Waals surface area contributed by atoms with Crippen LogP contribution >= 0.6 is 0 Å². The van der Waals surface area contributed by atoms with Crippen LogP contribution in [0.1, 0.15) is 39.6 Å². The van der Waals surface area contributed by atoms with Crippen LogP contribution in [-0.4, -0.2) is 25.0 Å². The molecule has 2 rings (SSSR count). The van der Waals surface area contributed by atoms with Crippen LogP contribution in [0, 0.1) is 0 Å². The van der Waals surface area contributed by atoms with Crippen LogP contribution in [0.2, 0.25) is 0 Å². The van der Waals surface area contributed by atoms with E-state index in [1.807, 2.05) is 6.29 Å². The number of Topliss-reactive ketones (excluding diaryl/α,β-unsaturated/α-hetero) is 2.